The van der Waals surface area contributed by atoms with Crippen molar-refractivity contribution >= 4 is 43.7 Å². The van der Waals surface area contributed by atoms with Crippen LogP contribution in [0.15, 0.2) is 77.3 Å². The molecule has 29 heavy (non-hydrogen) atoms. The van der Waals surface area contributed by atoms with Gasteiger partial charge in [-0.3, -0.25) is 0 Å². The van der Waals surface area contributed by atoms with E-state index in [4.69, 9.17) is 4.42 Å². The number of aryl methyl sites for hydroxylation is 3. The van der Waals surface area contributed by atoms with Crippen molar-refractivity contribution in [1.29, 1.82) is 0 Å². The molecular formula is C26H21N2O+. The molecule has 0 saturated carbocycles. The van der Waals surface area contributed by atoms with Crippen LogP contribution < -0.4 is 4.57 Å². The van der Waals surface area contributed by atoms with E-state index in [0.29, 0.717) is 0 Å². The van der Waals surface area contributed by atoms with E-state index in [-0.39, 0.29) is 0 Å². The van der Waals surface area contributed by atoms with E-state index in [0.717, 1.165) is 17.0 Å². The van der Waals surface area contributed by atoms with Gasteiger partial charge in [0.05, 0.1) is 13.2 Å². The first-order valence-corrected chi connectivity index (χ1v) is 9.95. The van der Waals surface area contributed by atoms with E-state index < -0.39 is 0 Å². The van der Waals surface area contributed by atoms with Crippen LogP contribution in [0, 0.1) is 13.8 Å². The normalized spacial score (nSPS) is 12.0. The van der Waals surface area contributed by atoms with Gasteiger partial charge in [0.1, 0.15) is 22.2 Å². The van der Waals surface area contributed by atoms with Crippen LogP contribution >= 0.6 is 0 Å². The van der Waals surface area contributed by atoms with Crippen molar-refractivity contribution in [1.82, 2.24) is 4.57 Å². The first-order chi connectivity index (χ1) is 14.2. The van der Waals surface area contributed by atoms with Gasteiger partial charge in [0.2, 0.25) is 0 Å². The predicted octanol–water partition coefficient (Wildman–Crippen LogP) is 6.12. The highest BCUT2D eigenvalue weighted by atomic mass is 16.3. The third kappa shape index (κ3) is 2.05. The molecule has 0 saturated heterocycles. The van der Waals surface area contributed by atoms with Crippen LogP contribution in [0.4, 0.5) is 0 Å². The van der Waals surface area contributed by atoms with Crippen LogP contribution in [0.5, 0.6) is 0 Å². The van der Waals surface area contributed by atoms with Gasteiger partial charge in [-0.2, -0.15) is 4.57 Å². The van der Waals surface area contributed by atoms with E-state index in [1.165, 1.54) is 43.7 Å². The van der Waals surface area contributed by atoms with Gasteiger partial charge in [-0.25, -0.2) is 4.57 Å². The van der Waals surface area contributed by atoms with Crippen LogP contribution in [0.1, 0.15) is 11.1 Å². The molecule has 3 nitrogen and oxygen atoms in total. The monoisotopic (exact) mass is 377 g/mol. The Hall–Kier alpha value is -3.59. The number of hydrogen-bond acceptors (Lipinski definition) is 1. The van der Waals surface area contributed by atoms with Crippen LogP contribution in [-0.4, -0.2) is 4.57 Å². The molecule has 0 fully saturated rings. The number of pyridine rings is 1. The second-order valence-corrected chi connectivity index (χ2v) is 7.80. The highest BCUT2D eigenvalue weighted by Crippen LogP contribution is 2.43. The van der Waals surface area contributed by atoms with E-state index >= 15 is 0 Å². The standard InChI is InChI=1S/C26H21N2O/c1-16-17(2)26-24(19-11-5-7-13-21(19)29-26)23-18-10-4-6-12-20(18)28(25(16)23)22-14-8-9-15-27(22)3/h4-15H,1-3H3/q+1. The zero-order valence-electron chi connectivity index (χ0n) is 16.7. The van der Waals surface area contributed by atoms with Crippen molar-refractivity contribution in [2.24, 2.45) is 7.05 Å². The molecule has 0 aliphatic heterocycles. The number of rotatable bonds is 1. The fraction of sp³-hybridized carbons (Fsp3) is 0.115. The number of nitrogens with zero attached hydrogens (tertiary/aromatic N) is 2. The van der Waals surface area contributed by atoms with Crippen LogP contribution in [-0.2, 0) is 7.05 Å². The Morgan fingerprint density at radius 2 is 1.48 bits per heavy atom. The lowest BCUT2D eigenvalue weighted by Crippen LogP contribution is -2.33. The number of hydrogen-bond donors (Lipinski definition) is 0. The molecule has 0 amide bonds. The molecule has 0 spiro atoms. The third-order valence-corrected chi connectivity index (χ3v) is 6.24. The summed E-state index contributed by atoms with van der Waals surface area (Å²) in [6.45, 7) is 4.38. The molecule has 3 heterocycles. The van der Waals surface area contributed by atoms with Gasteiger partial charge in [-0.1, -0.05) is 36.4 Å². The molecule has 3 aromatic carbocycles. The minimum atomic E-state index is 0.944. The Morgan fingerprint density at radius 1 is 0.759 bits per heavy atom. The predicted molar refractivity (Wildman–Crippen MR) is 119 cm³/mol. The minimum absolute atomic E-state index is 0.944. The van der Waals surface area contributed by atoms with Gasteiger partial charge >= 0.3 is 0 Å². The highest BCUT2D eigenvalue weighted by Gasteiger charge is 2.27. The lowest BCUT2D eigenvalue weighted by molar-refractivity contribution is -0.665. The molecular weight excluding hydrogens is 356 g/mol. The first kappa shape index (κ1) is 16.4. The third-order valence-electron chi connectivity index (χ3n) is 6.24. The SMILES string of the molecule is Cc1c(C)c2c(c3ccccc3n2-c2cccc[n+]2C)c2c1oc1ccccc12. The second-order valence-electron chi connectivity index (χ2n) is 7.80. The summed E-state index contributed by atoms with van der Waals surface area (Å²) in [5.41, 5.74) is 6.86. The van der Waals surface area contributed by atoms with Crippen molar-refractivity contribution in [3.8, 4) is 5.82 Å². The molecule has 0 unspecified atom stereocenters. The number of benzene rings is 3. The van der Waals surface area contributed by atoms with Gasteiger partial charge in [-0.15, -0.1) is 0 Å². The molecule has 0 bridgehead atoms. The maximum absolute atomic E-state index is 6.35. The summed E-state index contributed by atoms with van der Waals surface area (Å²) in [7, 11) is 2.10. The summed E-state index contributed by atoms with van der Waals surface area (Å²) < 4.78 is 10.9. The van der Waals surface area contributed by atoms with Gasteiger partial charge in [-0.05, 0) is 43.7 Å². The molecule has 0 aliphatic rings. The molecule has 3 aromatic heterocycles. The summed E-state index contributed by atoms with van der Waals surface area (Å²) in [5, 5.41) is 4.92. The summed E-state index contributed by atoms with van der Waals surface area (Å²) in [4.78, 5) is 0. The van der Waals surface area contributed by atoms with Gasteiger partial charge in [0.25, 0.3) is 5.82 Å². The Kier molecular flexibility index (Phi) is 3.22. The van der Waals surface area contributed by atoms with E-state index in [9.17, 15) is 0 Å². The Morgan fingerprint density at radius 3 is 2.31 bits per heavy atom. The van der Waals surface area contributed by atoms with E-state index in [2.05, 4.69) is 96.9 Å². The molecule has 6 rings (SSSR count). The summed E-state index contributed by atoms with van der Waals surface area (Å²) in [5.74, 6) is 1.15. The highest BCUT2D eigenvalue weighted by molar-refractivity contribution is 6.28. The zero-order chi connectivity index (χ0) is 19.7. The summed E-state index contributed by atoms with van der Waals surface area (Å²) in [6, 6.07) is 23.4. The maximum atomic E-state index is 6.35. The molecule has 0 N–H and O–H groups in total. The smallest absolute Gasteiger partial charge is 0.286 e. The van der Waals surface area contributed by atoms with Crippen LogP contribution in [0.25, 0.3) is 49.6 Å². The van der Waals surface area contributed by atoms with E-state index in [1.54, 1.807) is 0 Å². The average molecular weight is 377 g/mol. The number of furan rings is 1. The van der Waals surface area contributed by atoms with Crippen molar-refractivity contribution in [2.75, 3.05) is 0 Å². The Labute approximate surface area is 168 Å². The van der Waals surface area contributed by atoms with Crippen molar-refractivity contribution < 1.29 is 8.98 Å². The lowest BCUT2D eigenvalue weighted by atomic mass is 9.98. The van der Waals surface area contributed by atoms with Crippen molar-refractivity contribution in [2.45, 2.75) is 13.8 Å². The molecule has 0 radical (unpaired) electrons. The maximum Gasteiger partial charge on any atom is 0.286 e. The Balaban J connectivity index is 1.99. The zero-order valence-corrected chi connectivity index (χ0v) is 16.7. The summed E-state index contributed by atoms with van der Waals surface area (Å²) >= 11 is 0. The van der Waals surface area contributed by atoms with Crippen molar-refractivity contribution in [3.05, 3.63) is 84.1 Å². The number of para-hydroxylation sites is 2. The fourth-order valence-electron chi connectivity index (χ4n) is 4.74. The van der Waals surface area contributed by atoms with E-state index in [1.807, 2.05) is 6.07 Å². The Bertz CT molecular complexity index is 1580. The number of fused-ring (bicyclic) bond motifs is 7. The molecule has 0 aliphatic carbocycles. The van der Waals surface area contributed by atoms with Crippen LogP contribution in [0.3, 0.4) is 0 Å². The molecule has 140 valence electrons. The van der Waals surface area contributed by atoms with Gasteiger partial charge in [0, 0.05) is 33.2 Å². The van der Waals surface area contributed by atoms with Gasteiger partial charge < -0.3 is 4.42 Å². The molecule has 3 heteroatoms. The summed E-state index contributed by atoms with van der Waals surface area (Å²) in [6.07, 6.45) is 2.10. The van der Waals surface area contributed by atoms with Crippen LogP contribution in [0.2, 0.25) is 0 Å². The first-order valence-electron chi connectivity index (χ1n) is 9.95. The molecule has 6 aromatic rings. The lowest BCUT2D eigenvalue weighted by Gasteiger charge is -2.07. The minimum Gasteiger partial charge on any atom is -0.456 e. The second kappa shape index (κ2) is 5.71. The molecule has 0 atom stereocenters. The van der Waals surface area contributed by atoms with Gasteiger partial charge in [0.15, 0.2) is 0 Å². The average Bonchev–Trinajstić information content (AvgIpc) is 3.29. The largest absolute Gasteiger partial charge is 0.456 e. The fourth-order valence-corrected chi connectivity index (χ4v) is 4.74. The van der Waals surface area contributed by atoms with Crippen molar-refractivity contribution in [3.63, 3.8) is 0 Å². The quantitative estimate of drug-likeness (QED) is 0.316. The number of aromatic nitrogens is 2. The topological polar surface area (TPSA) is 21.9 Å².